The number of piperazine rings is 1. The fraction of sp³-hybridized carbons (Fsp3) is 0.500. The molecule has 0 aromatic carbocycles. The summed E-state index contributed by atoms with van der Waals surface area (Å²) in [5.41, 5.74) is 3.37. The molecule has 6 heteroatoms. The Morgan fingerprint density at radius 2 is 1.95 bits per heavy atom. The van der Waals surface area contributed by atoms with E-state index in [4.69, 9.17) is 4.74 Å². The number of methoxy groups -OCH3 is 1. The smallest absolute Gasteiger partial charge is 0.185 e. The van der Waals surface area contributed by atoms with E-state index in [-0.39, 0.29) is 0 Å². The molecule has 1 aliphatic rings. The molecule has 22 heavy (non-hydrogen) atoms. The van der Waals surface area contributed by atoms with Crippen molar-refractivity contribution < 1.29 is 4.74 Å². The van der Waals surface area contributed by atoms with Crippen LogP contribution in [-0.2, 0) is 6.54 Å². The number of rotatable bonds is 4. The predicted molar refractivity (Wildman–Crippen MR) is 89.9 cm³/mol. The molecular weight excluding hydrogens is 296 g/mol. The van der Waals surface area contributed by atoms with E-state index in [9.17, 15) is 0 Å². The van der Waals surface area contributed by atoms with Crippen molar-refractivity contribution in [3.05, 3.63) is 34.6 Å². The van der Waals surface area contributed by atoms with Crippen molar-refractivity contribution >= 4 is 16.5 Å². The third kappa shape index (κ3) is 3.08. The van der Waals surface area contributed by atoms with Crippen LogP contribution >= 0.6 is 11.3 Å². The van der Waals surface area contributed by atoms with Crippen molar-refractivity contribution in [1.82, 2.24) is 14.9 Å². The summed E-state index contributed by atoms with van der Waals surface area (Å²) in [5.74, 6) is 0.964. The fourth-order valence-corrected chi connectivity index (χ4v) is 3.61. The van der Waals surface area contributed by atoms with Gasteiger partial charge in [-0.1, -0.05) is 0 Å². The highest BCUT2D eigenvalue weighted by atomic mass is 32.1. The van der Waals surface area contributed by atoms with E-state index in [0.717, 1.165) is 60.4 Å². The molecule has 0 N–H and O–H groups in total. The van der Waals surface area contributed by atoms with Gasteiger partial charge in [0.15, 0.2) is 5.13 Å². The minimum absolute atomic E-state index is 0.883. The van der Waals surface area contributed by atoms with E-state index >= 15 is 0 Å². The minimum atomic E-state index is 0.883. The van der Waals surface area contributed by atoms with Gasteiger partial charge in [0.25, 0.3) is 0 Å². The number of pyridine rings is 1. The molecule has 3 rings (SSSR count). The van der Waals surface area contributed by atoms with Gasteiger partial charge in [0.2, 0.25) is 0 Å². The van der Waals surface area contributed by atoms with Crippen LogP contribution in [0.4, 0.5) is 5.13 Å². The maximum absolute atomic E-state index is 5.50. The summed E-state index contributed by atoms with van der Waals surface area (Å²) >= 11 is 1.71. The van der Waals surface area contributed by atoms with Gasteiger partial charge in [-0.2, -0.15) is 0 Å². The topological polar surface area (TPSA) is 41.5 Å². The lowest BCUT2D eigenvalue weighted by atomic mass is 10.1. The number of nitrogens with zero attached hydrogens (tertiary/aromatic N) is 4. The molecule has 0 amide bonds. The van der Waals surface area contributed by atoms with Crippen LogP contribution in [0.15, 0.2) is 17.8 Å². The lowest BCUT2D eigenvalue weighted by Gasteiger charge is -2.34. The van der Waals surface area contributed by atoms with E-state index in [0.29, 0.717) is 0 Å². The minimum Gasteiger partial charge on any atom is -0.496 e. The summed E-state index contributed by atoms with van der Waals surface area (Å²) in [7, 11) is 1.73. The fourth-order valence-electron chi connectivity index (χ4n) is 2.91. The van der Waals surface area contributed by atoms with Gasteiger partial charge in [-0.15, -0.1) is 11.3 Å². The van der Waals surface area contributed by atoms with Gasteiger partial charge in [-0.25, -0.2) is 4.98 Å². The Bertz CT molecular complexity index is 621. The molecule has 2 aromatic heterocycles. The first-order valence-electron chi connectivity index (χ1n) is 7.55. The second-order valence-corrected chi connectivity index (χ2v) is 6.50. The van der Waals surface area contributed by atoms with Crippen molar-refractivity contribution in [1.29, 1.82) is 0 Å². The second kappa shape index (κ2) is 6.62. The quantitative estimate of drug-likeness (QED) is 0.866. The van der Waals surface area contributed by atoms with Crippen LogP contribution in [0.2, 0.25) is 0 Å². The van der Waals surface area contributed by atoms with Crippen molar-refractivity contribution in [3.63, 3.8) is 0 Å². The van der Waals surface area contributed by atoms with Gasteiger partial charge in [0.05, 0.1) is 12.8 Å². The zero-order valence-electron chi connectivity index (χ0n) is 13.4. The van der Waals surface area contributed by atoms with Gasteiger partial charge < -0.3 is 9.64 Å². The average molecular weight is 318 g/mol. The molecule has 1 aliphatic heterocycles. The molecule has 0 bridgehead atoms. The van der Waals surface area contributed by atoms with E-state index in [2.05, 4.69) is 26.7 Å². The third-order valence-corrected chi connectivity index (χ3v) is 5.02. The first-order valence-corrected chi connectivity index (χ1v) is 8.43. The lowest BCUT2D eigenvalue weighted by molar-refractivity contribution is 0.246. The number of hydrogen-bond donors (Lipinski definition) is 0. The third-order valence-electron chi connectivity index (χ3n) is 4.19. The molecule has 0 atom stereocenters. The van der Waals surface area contributed by atoms with Crippen LogP contribution in [0.25, 0.3) is 0 Å². The number of anilines is 1. The first-order chi connectivity index (χ1) is 10.7. The summed E-state index contributed by atoms with van der Waals surface area (Å²) in [6, 6.07) is 0. The Kier molecular flexibility index (Phi) is 4.59. The molecule has 3 heterocycles. The maximum Gasteiger partial charge on any atom is 0.185 e. The van der Waals surface area contributed by atoms with Crippen LogP contribution < -0.4 is 9.64 Å². The summed E-state index contributed by atoms with van der Waals surface area (Å²) in [6.45, 7) is 9.14. The van der Waals surface area contributed by atoms with Gasteiger partial charge in [0, 0.05) is 61.6 Å². The number of ether oxygens (including phenoxy) is 1. The van der Waals surface area contributed by atoms with Crippen molar-refractivity contribution in [2.24, 2.45) is 0 Å². The average Bonchev–Trinajstić information content (AvgIpc) is 3.06. The van der Waals surface area contributed by atoms with Crippen LogP contribution in [-0.4, -0.2) is 48.2 Å². The Morgan fingerprint density at radius 1 is 1.18 bits per heavy atom. The normalized spacial score (nSPS) is 16.0. The number of hydrogen-bond acceptors (Lipinski definition) is 6. The van der Waals surface area contributed by atoms with E-state index in [1.165, 1.54) is 0 Å². The molecule has 2 aromatic rings. The van der Waals surface area contributed by atoms with E-state index < -0.39 is 0 Å². The zero-order chi connectivity index (χ0) is 15.5. The monoisotopic (exact) mass is 318 g/mol. The highest BCUT2D eigenvalue weighted by Crippen LogP contribution is 2.25. The molecule has 0 aliphatic carbocycles. The zero-order valence-corrected chi connectivity index (χ0v) is 14.2. The SMILES string of the molecule is COc1c(C)cnc(CN2CCN(c3nccs3)CC2)c1C. The summed E-state index contributed by atoms with van der Waals surface area (Å²) in [4.78, 5) is 13.8. The Balaban J connectivity index is 1.64. The molecule has 118 valence electrons. The van der Waals surface area contributed by atoms with E-state index in [1.54, 1.807) is 18.4 Å². The van der Waals surface area contributed by atoms with Crippen molar-refractivity contribution in [2.75, 3.05) is 38.2 Å². The summed E-state index contributed by atoms with van der Waals surface area (Å²) in [5, 5.41) is 3.17. The van der Waals surface area contributed by atoms with Crippen LogP contribution in [0.5, 0.6) is 5.75 Å². The number of thiazole rings is 1. The van der Waals surface area contributed by atoms with Gasteiger partial charge in [-0.3, -0.25) is 9.88 Å². The van der Waals surface area contributed by atoms with Gasteiger partial charge in [-0.05, 0) is 13.8 Å². The van der Waals surface area contributed by atoms with Crippen LogP contribution in [0, 0.1) is 13.8 Å². The molecule has 1 fully saturated rings. The van der Waals surface area contributed by atoms with Crippen molar-refractivity contribution in [2.45, 2.75) is 20.4 Å². The number of aryl methyl sites for hydroxylation is 1. The highest BCUT2D eigenvalue weighted by molar-refractivity contribution is 7.13. The predicted octanol–water partition coefficient (Wildman–Crippen LogP) is 2.49. The Morgan fingerprint density at radius 3 is 2.59 bits per heavy atom. The summed E-state index contributed by atoms with van der Waals surface area (Å²) < 4.78 is 5.50. The Hall–Kier alpha value is -1.66. The maximum atomic E-state index is 5.50. The van der Waals surface area contributed by atoms with Crippen LogP contribution in [0.3, 0.4) is 0 Å². The standard InChI is InChI=1S/C16H22N4OS/c1-12-10-18-14(13(2)15(12)21-3)11-19-5-7-20(8-6-19)16-17-4-9-22-16/h4,9-10H,5-8,11H2,1-3H3. The van der Waals surface area contributed by atoms with Crippen molar-refractivity contribution in [3.8, 4) is 5.75 Å². The molecule has 0 spiro atoms. The van der Waals surface area contributed by atoms with Crippen LogP contribution in [0.1, 0.15) is 16.8 Å². The number of aromatic nitrogens is 2. The first kappa shape index (κ1) is 15.2. The highest BCUT2D eigenvalue weighted by Gasteiger charge is 2.20. The molecule has 5 nitrogen and oxygen atoms in total. The van der Waals surface area contributed by atoms with Gasteiger partial charge in [0.1, 0.15) is 5.75 Å². The Labute approximate surface area is 135 Å². The molecular formula is C16H22N4OS. The molecule has 0 unspecified atom stereocenters. The lowest BCUT2D eigenvalue weighted by Crippen LogP contribution is -2.46. The molecule has 0 saturated carbocycles. The molecule has 0 radical (unpaired) electrons. The molecule has 1 saturated heterocycles. The van der Waals surface area contributed by atoms with Gasteiger partial charge >= 0.3 is 0 Å². The summed E-state index contributed by atoms with van der Waals surface area (Å²) in [6.07, 6.45) is 3.78. The largest absolute Gasteiger partial charge is 0.496 e. The second-order valence-electron chi connectivity index (χ2n) is 5.62. The van der Waals surface area contributed by atoms with E-state index in [1.807, 2.05) is 24.7 Å².